The number of rotatable bonds is 10. The summed E-state index contributed by atoms with van der Waals surface area (Å²) in [7, 11) is 0. The second-order valence-electron chi connectivity index (χ2n) is 7.40. The Hall–Kier alpha value is -2.99. The highest BCUT2D eigenvalue weighted by molar-refractivity contribution is 6.01. The number of benzene rings is 2. The van der Waals surface area contributed by atoms with Crippen LogP contribution in [-0.4, -0.2) is 36.4 Å². The van der Waals surface area contributed by atoms with Gasteiger partial charge in [0.2, 0.25) is 11.7 Å². The van der Waals surface area contributed by atoms with Crippen molar-refractivity contribution in [1.29, 1.82) is 0 Å². The molecule has 0 saturated heterocycles. The molecule has 2 rings (SSSR count). The molecule has 2 aromatic carbocycles. The van der Waals surface area contributed by atoms with Gasteiger partial charge in [0.25, 0.3) is 0 Å². The molecule has 1 atom stereocenters. The van der Waals surface area contributed by atoms with Crippen LogP contribution in [0.15, 0.2) is 48.5 Å². The molecule has 0 saturated carbocycles. The van der Waals surface area contributed by atoms with Crippen LogP contribution in [0.5, 0.6) is 0 Å². The normalized spacial score (nSPS) is 11.8. The number of carbonyl (C=O) groups excluding carboxylic acids is 3. The number of hydrogen-bond donors (Lipinski definition) is 1. The van der Waals surface area contributed by atoms with Crippen LogP contribution in [-0.2, 0) is 27.3 Å². The summed E-state index contributed by atoms with van der Waals surface area (Å²) in [5.74, 6) is -0.881. The second-order valence-corrected chi connectivity index (χ2v) is 7.40. The fourth-order valence-electron chi connectivity index (χ4n) is 2.74. The summed E-state index contributed by atoms with van der Waals surface area (Å²) in [4.78, 5) is 35.8. The van der Waals surface area contributed by atoms with Gasteiger partial charge < -0.3 is 14.8 Å². The quantitative estimate of drug-likeness (QED) is 0.476. The standard InChI is InChI=1S/C24H29NO5/c1-16(2)29-15-20-7-11-22(12-8-20)24(28)30-17(3)23(27)21-9-5-19(6-10-21)13-14-25-18(4)26/h5-12,16-17H,13-15H2,1-4H3,(H,25,26)/t17-/m1/s1. The molecule has 0 bridgehead atoms. The van der Waals surface area contributed by atoms with Crippen molar-refractivity contribution in [3.05, 3.63) is 70.8 Å². The molecule has 0 fully saturated rings. The zero-order chi connectivity index (χ0) is 22.1. The van der Waals surface area contributed by atoms with Gasteiger partial charge >= 0.3 is 5.97 Å². The summed E-state index contributed by atoms with van der Waals surface area (Å²) >= 11 is 0. The highest BCUT2D eigenvalue weighted by Crippen LogP contribution is 2.13. The minimum Gasteiger partial charge on any atom is -0.451 e. The van der Waals surface area contributed by atoms with Gasteiger partial charge in [0.05, 0.1) is 18.3 Å². The SMILES string of the molecule is CC(=O)NCCc1ccc(C(=O)[C@@H](C)OC(=O)c2ccc(COC(C)C)cc2)cc1. The maximum absolute atomic E-state index is 12.6. The molecular weight excluding hydrogens is 382 g/mol. The van der Waals surface area contributed by atoms with E-state index in [1.807, 2.05) is 38.1 Å². The largest absolute Gasteiger partial charge is 0.451 e. The summed E-state index contributed by atoms with van der Waals surface area (Å²) in [6.45, 7) is 7.98. The van der Waals surface area contributed by atoms with Crippen LogP contribution in [0.2, 0.25) is 0 Å². The Labute approximate surface area is 177 Å². The average molecular weight is 411 g/mol. The van der Waals surface area contributed by atoms with Crippen molar-refractivity contribution in [2.24, 2.45) is 0 Å². The van der Waals surface area contributed by atoms with Crippen LogP contribution < -0.4 is 5.32 Å². The molecule has 0 spiro atoms. The molecule has 0 aliphatic carbocycles. The van der Waals surface area contributed by atoms with E-state index in [4.69, 9.17) is 9.47 Å². The number of hydrogen-bond acceptors (Lipinski definition) is 5. The molecular formula is C24H29NO5. The first-order chi connectivity index (χ1) is 14.3. The van der Waals surface area contributed by atoms with E-state index in [0.29, 0.717) is 30.7 Å². The number of ketones is 1. The minimum absolute atomic E-state index is 0.0732. The molecule has 1 amide bonds. The van der Waals surface area contributed by atoms with Gasteiger partial charge in [0.15, 0.2) is 6.10 Å². The topological polar surface area (TPSA) is 81.7 Å². The van der Waals surface area contributed by atoms with Crippen molar-refractivity contribution in [3.8, 4) is 0 Å². The van der Waals surface area contributed by atoms with E-state index in [1.165, 1.54) is 6.92 Å². The maximum atomic E-state index is 12.6. The lowest BCUT2D eigenvalue weighted by molar-refractivity contribution is -0.118. The molecule has 30 heavy (non-hydrogen) atoms. The van der Waals surface area contributed by atoms with Gasteiger partial charge in [0, 0.05) is 19.0 Å². The van der Waals surface area contributed by atoms with Gasteiger partial charge in [-0.2, -0.15) is 0 Å². The van der Waals surface area contributed by atoms with E-state index in [2.05, 4.69) is 5.32 Å². The predicted octanol–water partition coefficient (Wildman–Crippen LogP) is 3.72. The molecule has 0 heterocycles. The molecule has 0 aromatic heterocycles. The minimum atomic E-state index is -0.897. The lowest BCUT2D eigenvalue weighted by Gasteiger charge is -2.13. The van der Waals surface area contributed by atoms with Crippen LogP contribution in [0.25, 0.3) is 0 Å². The number of esters is 1. The molecule has 0 radical (unpaired) electrons. The Morgan fingerprint density at radius 2 is 1.43 bits per heavy atom. The molecule has 2 aromatic rings. The van der Waals surface area contributed by atoms with Crippen molar-refractivity contribution in [2.45, 2.75) is 52.9 Å². The third-order valence-electron chi connectivity index (χ3n) is 4.45. The molecule has 1 N–H and O–H groups in total. The Morgan fingerprint density at radius 3 is 2.00 bits per heavy atom. The third kappa shape index (κ3) is 7.44. The molecule has 6 nitrogen and oxygen atoms in total. The smallest absolute Gasteiger partial charge is 0.338 e. The predicted molar refractivity (Wildman–Crippen MR) is 114 cm³/mol. The number of Topliss-reactive ketones (excluding diaryl/α,β-unsaturated/α-hetero) is 1. The summed E-state index contributed by atoms with van der Waals surface area (Å²) in [6.07, 6.45) is -0.0870. The van der Waals surface area contributed by atoms with E-state index in [0.717, 1.165) is 11.1 Å². The zero-order valence-corrected chi connectivity index (χ0v) is 17.9. The summed E-state index contributed by atoms with van der Waals surface area (Å²) in [6, 6.07) is 14.0. The third-order valence-corrected chi connectivity index (χ3v) is 4.45. The highest BCUT2D eigenvalue weighted by atomic mass is 16.5. The van der Waals surface area contributed by atoms with Gasteiger partial charge in [-0.3, -0.25) is 9.59 Å². The number of ether oxygens (including phenoxy) is 2. The average Bonchev–Trinajstić information content (AvgIpc) is 2.72. The first-order valence-corrected chi connectivity index (χ1v) is 10.1. The summed E-state index contributed by atoms with van der Waals surface area (Å²) in [5, 5.41) is 2.73. The Morgan fingerprint density at radius 1 is 0.867 bits per heavy atom. The van der Waals surface area contributed by atoms with Crippen molar-refractivity contribution in [2.75, 3.05) is 6.54 Å². The Bertz CT molecular complexity index is 856. The van der Waals surface area contributed by atoms with Gasteiger partial charge in [-0.1, -0.05) is 36.4 Å². The Balaban J connectivity index is 1.89. The molecule has 6 heteroatoms. The van der Waals surface area contributed by atoms with Crippen molar-refractivity contribution in [1.82, 2.24) is 5.32 Å². The van der Waals surface area contributed by atoms with Gasteiger partial charge in [-0.25, -0.2) is 4.79 Å². The van der Waals surface area contributed by atoms with Crippen LogP contribution in [0.1, 0.15) is 59.5 Å². The number of carbonyl (C=O) groups is 3. The van der Waals surface area contributed by atoms with Crippen LogP contribution in [0.3, 0.4) is 0 Å². The fourth-order valence-corrected chi connectivity index (χ4v) is 2.74. The lowest BCUT2D eigenvalue weighted by Crippen LogP contribution is -2.24. The van der Waals surface area contributed by atoms with E-state index in [1.54, 1.807) is 31.2 Å². The first-order valence-electron chi connectivity index (χ1n) is 10.1. The highest BCUT2D eigenvalue weighted by Gasteiger charge is 2.20. The van der Waals surface area contributed by atoms with Crippen molar-refractivity contribution >= 4 is 17.7 Å². The summed E-state index contributed by atoms with van der Waals surface area (Å²) < 4.78 is 10.9. The Kier molecular flexibility index (Phi) is 8.74. The van der Waals surface area contributed by atoms with E-state index in [-0.39, 0.29) is 17.8 Å². The number of amides is 1. The zero-order valence-electron chi connectivity index (χ0n) is 17.9. The lowest BCUT2D eigenvalue weighted by atomic mass is 10.0. The second kappa shape index (κ2) is 11.3. The monoisotopic (exact) mass is 411 g/mol. The van der Waals surface area contributed by atoms with E-state index < -0.39 is 12.1 Å². The van der Waals surface area contributed by atoms with E-state index in [9.17, 15) is 14.4 Å². The molecule has 0 aliphatic heterocycles. The van der Waals surface area contributed by atoms with Gasteiger partial charge in [-0.15, -0.1) is 0 Å². The van der Waals surface area contributed by atoms with Crippen molar-refractivity contribution in [3.63, 3.8) is 0 Å². The fraction of sp³-hybridized carbons (Fsp3) is 0.375. The summed E-state index contributed by atoms with van der Waals surface area (Å²) in [5.41, 5.74) is 2.82. The number of nitrogens with one attached hydrogen (secondary N) is 1. The van der Waals surface area contributed by atoms with Crippen LogP contribution in [0.4, 0.5) is 0 Å². The van der Waals surface area contributed by atoms with E-state index >= 15 is 0 Å². The van der Waals surface area contributed by atoms with Gasteiger partial charge in [0.1, 0.15) is 0 Å². The van der Waals surface area contributed by atoms with Crippen molar-refractivity contribution < 1.29 is 23.9 Å². The molecule has 0 unspecified atom stereocenters. The maximum Gasteiger partial charge on any atom is 0.338 e. The van der Waals surface area contributed by atoms with Crippen LogP contribution >= 0.6 is 0 Å². The van der Waals surface area contributed by atoms with Gasteiger partial charge in [-0.05, 0) is 50.5 Å². The van der Waals surface area contributed by atoms with Crippen LogP contribution in [0, 0.1) is 0 Å². The first kappa shape index (κ1) is 23.3. The molecule has 0 aliphatic rings. The molecule has 160 valence electrons.